The highest BCUT2D eigenvalue weighted by Crippen LogP contribution is 2.26. The summed E-state index contributed by atoms with van der Waals surface area (Å²) in [6.45, 7) is 0. The first-order valence-electron chi connectivity index (χ1n) is 7.79. The summed E-state index contributed by atoms with van der Waals surface area (Å²) in [5.41, 5.74) is 1.84. The molecule has 4 nitrogen and oxygen atoms in total. The summed E-state index contributed by atoms with van der Waals surface area (Å²) in [5, 5.41) is 13.4. The minimum atomic E-state index is -0.564. The van der Waals surface area contributed by atoms with E-state index in [0.29, 0.717) is 21.4 Å². The minimum Gasteiger partial charge on any atom is -0.320 e. The Bertz CT molecular complexity index is 1060. The molecule has 0 saturated carbocycles. The lowest BCUT2D eigenvalue weighted by Crippen LogP contribution is -2.14. The van der Waals surface area contributed by atoms with Crippen LogP contribution in [0.5, 0.6) is 0 Å². The van der Waals surface area contributed by atoms with Gasteiger partial charge < -0.3 is 9.88 Å². The van der Waals surface area contributed by atoms with Crippen LogP contribution in [0.2, 0.25) is 15.1 Å². The maximum Gasteiger partial charge on any atom is 0.266 e. The molecule has 0 aliphatic rings. The topological polar surface area (TPSA) is 57.8 Å². The van der Waals surface area contributed by atoms with Crippen molar-refractivity contribution in [2.75, 3.05) is 5.32 Å². The molecule has 0 saturated heterocycles. The van der Waals surface area contributed by atoms with Gasteiger partial charge in [0, 0.05) is 27.6 Å². The van der Waals surface area contributed by atoms with Crippen LogP contribution in [0.25, 0.3) is 11.8 Å². The number of benzene rings is 2. The van der Waals surface area contributed by atoms with Crippen LogP contribution >= 0.6 is 34.8 Å². The number of aromatic nitrogens is 1. The van der Waals surface area contributed by atoms with E-state index in [1.807, 2.05) is 35.0 Å². The molecule has 1 N–H and O–H groups in total. The molecule has 1 amide bonds. The molecule has 1 aromatic heterocycles. The zero-order valence-electron chi connectivity index (χ0n) is 13.8. The van der Waals surface area contributed by atoms with E-state index < -0.39 is 5.91 Å². The van der Waals surface area contributed by atoms with Gasteiger partial charge in [-0.3, -0.25) is 4.79 Å². The van der Waals surface area contributed by atoms with Crippen molar-refractivity contribution in [2.24, 2.45) is 0 Å². The molecule has 2 aromatic carbocycles. The fourth-order valence-electron chi connectivity index (χ4n) is 2.43. The van der Waals surface area contributed by atoms with Gasteiger partial charge in [0.25, 0.3) is 5.91 Å². The van der Waals surface area contributed by atoms with Crippen molar-refractivity contribution in [3.63, 3.8) is 0 Å². The molecule has 0 unspecified atom stereocenters. The van der Waals surface area contributed by atoms with Crippen molar-refractivity contribution in [1.82, 2.24) is 4.57 Å². The quantitative estimate of drug-likeness (QED) is 0.420. The van der Waals surface area contributed by atoms with Crippen molar-refractivity contribution in [2.45, 2.75) is 0 Å². The molecule has 0 fully saturated rings. The van der Waals surface area contributed by atoms with Crippen molar-refractivity contribution in [3.05, 3.63) is 87.1 Å². The second-order valence-electron chi connectivity index (χ2n) is 5.53. The number of hydrogen-bond acceptors (Lipinski definition) is 2. The van der Waals surface area contributed by atoms with Gasteiger partial charge >= 0.3 is 0 Å². The average Bonchev–Trinajstić information content (AvgIpc) is 3.10. The normalized spacial score (nSPS) is 11.1. The Balaban J connectivity index is 1.89. The van der Waals surface area contributed by atoms with Crippen LogP contribution in [0.15, 0.2) is 66.4 Å². The molecule has 0 spiro atoms. The van der Waals surface area contributed by atoms with Crippen molar-refractivity contribution < 1.29 is 4.79 Å². The standard InChI is InChI=1S/C20H12Cl3N3O/c21-14-3-6-16(7-4-14)26-9-1-2-17(26)10-13(12-24)20(27)25-19-8-5-15(22)11-18(19)23/h1-11H,(H,25,27)/b13-10+. The van der Waals surface area contributed by atoms with E-state index in [2.05, 4.69) is 5.32 Å². The maximum absolute atomic E-state index is 12.5. The third kappa shape index (κ3) is 4.53. The molecule has 27 heavy (non-hydrogen) atoms. The molecule has 1 heterocycles. The van der Waals surface area contributed by atoms with Gasteiger partial charge in [-0.25, -0.2) is 0 Å². The Kier molecular flexibility index (Phi) is 5.88. The number of carbonyl (C=O) groups excluding carboxylic acids is 1. The lowest BCUT2D eigenvalue weighted by atomic mass is 10.2. The zero-order valence-corrected chi connectivity index (χ0v) is 16.1. The fraction of sp³-hybridized carbons (Fsp3) is 0. The van der Waals surface area contributed by atoms with E-state index >= 15 is 0 Å². The molecule has 0 radical (unpaired) electrons. The van der Waals surface area contributed by atoms with Crippen LogP contribution < -0.4 is 5.32 Å². The number of nitrogens with one attached hydrogen (secondary N) is 1. The van der Waals surface area contributed by atoms with Gasteiger partial charge in [-0.05, 0) is 60.7 Å². The highest BCUT2D eigenvalue weighted by molar-refractivity contribution is 6.37. The van der Waals surface area contributed by atoms with Crippen LogP contribution in [0.3, 0.4) is 0 Å². The maximum atomic E-state index is 12.5. The Labute approximate surface area is 171 Å². The van der Waals surface area contributed by atoms with E-state index in [-0.39, 0.29) is 10.6 Å². The zero-order chi connectivity index (χ0) is 19.4. The van der Waals surface area contributed by atoms with Crippen molar-refractivity contribution in [3.8, 4) is 11.8 Å². The van der Waals surface area contributed by atoms with E-state index in [1.165, 1.54) is 12.1 Å². The summed E-state index contributed by atoms with van der Waals surface area (Å²) >= 11 is 17.8. The summed E-state index contributed by atoms with van der Waals surface area (Å²) in [6.07, 6.45) is 3.34. The smallest absolute Gasteiger partial charge is 0.266 e. The monoisotopic (exact) mass is 415 g/mol. The summed E-state index contributed by atoms with van der Waals surface area (Å²) in [6, 6.07) is 17.5. The van der Waals surface area contributed by atoms with Crippen molar-refractivity contribution >= 4 is 52.5 Å². The molecule has 0 aliphatic heterocycles. The highest BCUT2D eigenvalue weighted by Gasteiger charge is 2.13. The third-order valence-electron chi connectivity index (χ3n) is 3.72. The molecular formula is C20H12Cl3N3O. The summed E-state index contributed by atoms with van der Waals surface area (Å²) in [7, 11) is 0. The Morgan fingerprint density at radius 2 is 1.74 bits per heavy atom. The van der Waals surface area contributed by atoms with Crippen LogP contribution in [0.4, 0.5) is 5.69 Å². The molecule has 134 valence electrons. The number of carbonyl (C=O) groups is 1. The van der Waals surface area contributed by atoms with Gasteiger partial charge in [0.05, 0.1) is 10.7 Å². The number of nitriles is 1. The molecular weight excluding hydrogens is 405 g/mol. The first kappa shape index (κ1) is 19.1. The predicted octanol–water partition coefficient (Wildman–Crippen LogP) is 5.98. The number of rotatable bonds is 4. The van der Waals surface area contributed by atoms with E-state index in [1.54, 1.807) is 30.3 Å². The van der Waals surface area contributed by atoms with Crippen LogP contribution in [-0.4, -0.2) is 10.5 Å². The lowest BCUT2D eigenvalue weighted by molar-refractivity contribution is -0.112. The van der Waals surface area contributed by atoms with Crippen LogP contribution in [0.1, 0.15) is 5.69 Å². The summed E-state index contributed by atoms with van der Waals surface area (Å²) in [4.78, 5) is 12.5. The highest BCUT2D eigenvalue weighted by atomic mass is 35.5. The van der Waals surface area contributed by atoms with Crippen LogP contribution in [-0.2, 0) is 4.79 Å². The fourth-order valence-corrected chi connectivity index (χ4v) is 3.01. The van der Waals surface area contributed by atoms with Crippen LogP contribution in [0, 0.1) is 11.3 Å². The van der Waals surface area contributed by atoms with E-state index in [9.17, 15) is 10.1 Å². The van der Waals surface area contributed by atoms with Gasteiger partial charge in [0.1, 0.15) is 11.6 Å². The van der Waals surface area contributed by atoms with Gasteiger partial charge in [0.15, 0.2) is 0 Å². The largest absolute Gasteiger partial charge is 0.320 e. The SMILES string of the molecule is N#C/C(=C\c1cccn1-c1ccc(Cl)cc1)C(=O)Nc1ccc(Cl)cc1Cl. The molecule has 0 bridgehead atoms. The molecule has 3 aromatic rings. The van der Waals surface area contributed by atoms with Crippen molar-refractivity contribution in [1.29, 1.82) is 5.26 Å². The summed E-state index contributed by atoms with van der Waals surface area (Å²) in [5.74, 6) is -0.564. The molecule has 0 atom stereocenters. The van der Waals surface area contributed by atoms with Gasteiger partial charge in [-0.15, -0.1) is 0 Å². The second kappa shape index (κ2) is 8.32. The van der Waals surface area contributed by atoms with Gasteiger partial charge in [0.2, 0.25) is 0 Å². The first-order chi connectivity index (χ1) is 13.0. The third-order valence-corrected chi connectivity index (χ3v) is 4.52. The number of anilines is 1. The lowest BCUT2D eigenvalue weighted by Gasteiger charge is -2.09. The van der Waals surface area contributed by atoms with Gasteiger partial charge in [-0.2, -0.15) is 5.26 Å². The second-order valence-corrected chi connectivity index (χ2v) is 6.81. The number of nitrogens with zero attached hydrogens (tertiary/aromatic N) is 2. The Hall–Kier alpha value is -2.71. The van der Waals surface area contributed by atoms with E-state index in [4.69, 9.17) is 34.8 Å². The molecule has 0 aliphatic carbocycles. The molecule has 7 heteroatoms. The number of hydrogen-bond donors (Lipinski definition) is 1. The minimum absolute atomic E-state index is 0.0602. The molecule has 3 rings (SSSR count). The van der Waals surface area contributed by atoms with E-state index in [0.717, 1.165) is 5.69 Å². The Morgan fingerprint density at radius 3 is 2.41 bits per heavy atom. The first-order valence-corrected chi connectivity index (χ1v) is 8.93. The number of halogens is 3. The average molecular weight is 417 g/mol. The predicted molar refractivity (Wildman–Crippen MR) is 109 cm³/mol. The summed E-state index contributed by atoms with van der Waals surface area (Å²) < 4.78 is 1.84. The van der Waals surface area contributed by atoms with Gasteiger partial charge in [-0.1, -0.05) is 34.8 Å². The Morgan fingerprint density at radius 1 is 1.04 bits per heavy atom. The number of amides is 1.